The average molecular weight is 367 g/mol. The van der Waals surface area contributed by atoms with Crippen molar-refractivity contribution in [1.82, 2.24) is 25.4 Å². The number of nitrogens with one attached hydrogen (secondary N) is 2. The summed E-state index contributed by atoms with van der Waals surface area (Å²) < 4.78 is 4.97. The molecule has 0 atom stereocenters. The average Bonchev–Trinajstić information content (AvgIpc) is 3.05. The number of nitrogens with zero attached hydrogens (tertiary/aromatic N) is 3. The summed E-state index contributed by atoms with van der Waals surface area (Å²) in [5.41, 5.74) is 2.04. The van der Waals surface area contributed by atoms with Crippen LogP contribution in [0, 0.1) is 12.8 Å². The number of benzene rings is 1. The van der Waals surface area contributed by atoms with E-state index in [2.05, 4.69) is 25.4 Å². The summed E-state index contributed by atoms with van der Waals surface area (Å²) in [5, 5.41) is 6.65. The second kappa shape index (κ2) is 7.94. The summed E-state index contributed by atoms with van der Waals surface area (Å²) in [4.78, 5) is 34.6. The van der Waals surface area contributed by atoms with E-state index in [1.807, 2.05) is 38.1 Å². The molecule has 3 rings (SSSR count). The lowest BCUT2D eigenvalue weighted by atomic mass is 10.1. The quantitative estimate of drug-likeness (QED) is 0.691. The molecule has 8 heteroatoms. The Kier molecular flexibility index (Phi) is 5.44. The zero-order chi connectivity index (χ0) is 19.4. The molecule has 8 nitrogen and oxygen atoms in total. The van der Waals surface area contributed by atoms with Crippen LogP contribution in [0.25, 0.3) is 11.4 Å². The Morgan fingerprint density at radius 1 is 1.22 bits per heavy atom. The highest BCUT2D eigenvalue weighted by Gasteiger charge is 2.11. The predicted molar refractivity (Wildman–Crippen MR) is 99.0 cm³/mol. The molecule has 2 N–H and O–H groups in total. The van der Waals surface area contributed by atoms with E-state index in [-0.39, 0.29) is 11.6 Å². The van der Waals surface area contributed by atoms with E-state index in [0.29, 0.717) is 36.3 Å². The highest BCUT2D eigenvalue weighted by molar-refractivity contribution is 5.92. The van der Waals surface area contributed by atoms with Crippen molar-refractivity contribution in [2.75, 3.05) is 0 Å². The third-order valence-electron chi connectivity index (χ3n) is 3.85. The summed E-state index contributed by atoms with van der Waals surface area (Å²) in [7, 11) is 0. The molecule has 0 radical (unpaired) electrons. The maximum Gasteiger partial charge on any atom is 0.345 e. The Morgan fingerprint density at radius 2 is 1.96 bits per heavy atom. The Labute approximate surface area is 156 Å². The van der Waals surface area contributed by atoms with Crippen LogP contribution < -0.4 is 11.0 Å². The fourth-order valence-corrected chi connectivity index (χ4v) is 2.64. The molecular weight excluding hydrogens is 346 g/mol. The Balaban J connectivity index is 1.65. The molecule has 0 unspecified atom stereocenters. The molecular formula is C19H21N5O3. The first-order valence-electron chi connectivity index (χ1n) is 8.69. The van der Waals surface area contributed by atoms with Crippen molar-refractivity contribution in [2.24, 2.45) is 5.92 Å². The molecule has 0 aliphatic heterocycles. The minimum Gasteiger partial charge on any atom is -0.347 e. The molecule has 0 aliphatic rings. The van der Waals surface area contributed by atoms with Gasteiger partial charge in [-0.3, -0.25) is 4.79 Å². The van der Waals surface area contributed by atoms with Crippen LogP contribution in [-0.4, -0.2) is 26.0 Å². The van der Waals surface area contributed by atoms with Gasteiger partial charge in [0.15, 0.2) is 0 Å². The first kappa shape index (κ1) is 18.5. The van der Waals surface area contributed by atoms with E-state index in [9.17, 15) is 9.59 Å². The van der Waals surface area contributed by atoms with Crippen LogP contribution >= 0.6 is 0 Å². The largest absolute Gasteiger partial charge is 0.347 e. The lowest BCUT2D eigenvalue weighted by Gasteiger charge is -2.08. The number of carbonyl (C=O) groups excluding carboxylic acids is 1. The summed E-state index contributed by atoms with van der Waals surface area (Å²) in [5.74, 6) is 1.00. The smallest absolute Gasteiger partial charge is 0.345 e. The van der Waals surface area contributed by atoms with Crippen LogP contribution in [0.5, 0.6) is 0 Å². The van der Waals surface area contributed by atoms with E-state index in [4.69, 9.17) is 4.52 Å². The standard InChI is InChI=1S/C19H21N5O3/c1-11(2)8-15-9-16(23-19(26)22-15)18(25)20-10-13-4-6-14(7-5-13)17-21-12(3)27-24-17/h4-7,9,11H,8,10H2,1-3H3,(H,20,25)(H,22,23,26). The second-order valence-corrected chi connectivity index (χ2v) is 6.71. The van der Waals surface area contributed by atoms with Gasteiger partial charge in [-0.25, -0.2) is 4.79 Å². The normalized spacial score (nSPS) is 11.0. The van der Waals surface area contributed by atoms with Gasteiger partial charge in [0.05, 0.1) is 0 Å². The van der Waals surface area contributed by atoms with Gasteiger partial charge in [0.2, 0.25) is 11.7 Å². The van der Waals surface area contributed by atoms with Crippen LogP contribution in [0.4, 0.5) is 0 Å². The van der Waals surface area contributed by atoms with Crippen molar-refractivity contribution in [2.45, 2.75) is 33.7 Å². The fraction of sp³-hybridized carbons (Fsp3) is 0.316. The van der Waals surface area contributed by atoms with Crippen molar-refractivity contribution >= 4 is 5.91 Å². The third-order valence-corrected chi connectivity index (χ3v) is 3.85. The fourth-order valence-electron chi connectivity index (χ4n) is 2.64. The molecule has 3 aromatic rings. The second-order valence-electron chi connectivity index (χ2n) is 6.71. The number of aromatic nitrogens is 4. The molecule has 0 fully saturated rings. The summed E-state index contributed by atoms with van der Waals surface area (Å²) in [6.07, 6.45) is 0.676. The van der Waals surface area contributed by atoms with Gasteiger partial charge in [-0.2, -0.15) is 9.97 Å². The Hall–Kier alpha value is -3.29. The van der Waals surface area contributed by atoms with Crippen LogP contribution in [0.3, 0.4) is 0 Å². The van der Waals surface area contributed by atoms with Crippen LogP contribution in [0.15, 0.2) is 39.6 Å². The van der Waals surface area contributed by atoms with Crippen LogP contribution in [-0.2, 0) is 13.0 Å². The van der Waals surface area contributed by atoms with E-state index in [0.717, 1.165) is 11.1 Å². The van der Waals surface area contributed by atoms with E-state index in [1.165, 1.54) is 0 Å². The minimum atomic E-state index is -0.516. The van der Waals surface area contributed by atoms with E-state index >= 15 is 0 Å². The molecule has 0 saturated heterocycles. The molecule has 140 valence electrons. The molecule has 0 saturated carbocycles. The molecule has 2 aromatic heterocycles. The maximum atomic E-state index is 12.3. The molecule has 1 aromatic carbocycles. The highest BCUT2D eigenvalue weighted by atomic mass is 16.5. The summed E-state index contributed by atoms with van der Waals surface area (Å²) in [6, 6.07) is 9.09. The Morgan fingerprint density at radius 3 is 2.59 bits per heavy atom. The maximum absolute atomic E-state index is 12.3. The van der Waals surface area contributed by atoms with Gasteiger partial charge in [-0.05, 0) is 24.0 Å². The zero-order valence-electron chi connectivity index (χ0n) is 15.4. The highest BCUT2D eigenvalue weighted by Crippen LogP contribution is 2.16. The molecule has 27 heavy (non-hydrogen) atoms. The van der Waals surface area contributed by atoms with Crippen molar-refractivity contribution < 1.29 is 9.32 Å². The van der Waals surface area contributed by atoms with Gasteiger partial charge >= 0.3 is 5.69 Å². The van der Waals surface area contributed by atoms with Gasteiger partial charge in [-0.15, -0.1) is 0 Å². The van der Waals surface area contributed by atoms with Gasteiger partial charge in [0.25, 0.3) is 5.91 Å². The topological polar surface area (TPSA) is 114 Å². The van der Waals surface area contributed by atoms with Gasteiger partial charge in [0.1, 0.15) is 5.69 Å². The number of H-pyrrole nitrogens is 1. The van der Waals surface area contributed by atoms with E-state index < -0.39 is 5.69 Å². The Bertz CT molecular complexity index is 989. The van der Waals surface area contributed by atoms with Crippen molar-refractivity contribution in [3.05, 3.63) is 63.7 Å². The summed E-state index contributed by atoms with van der Waals surface area (Å²) in [6.45, 7) is 6.13. The van der Waals surface area contributed by atoms with Gasteiger partial charge in [0, 0.05) is 24.7 Å². The van der Waals surface area contributed by atoms with Crippen molar-refractivity contribution in [3.8, 4) is 11.4 Å². The SMILES string of the molecule is Cc1nc(-c2ccc(CNC(=O)c3cc(CC(C)C)[nH]c(=O)n3)cc2)no1. The third kappa shape index (κ3) is 4.87. The monoisotopic (exact) mass is 367 g/mol. The van der Waals surface area contributed by atoms with E-state index in [1.54, 1.807) is 13.0 Å². The lowest BCUT2D eigenvalue weighted by Crippen LogP contribution is -2.27. The van der Waals surface area contributed by atoms with Crippen molar-refractivity contribution in [1.29, 1.82) is 0 Å². The molecule has 0 aliphatic carbocycles. The molecule has 1 amide bonds. The molecule has 2 heterocycles. The van der Waals surface area contributed by atoms with Gasteiger partial charge in [-0.1, -0.05) is 43.3 Å². The number of hydrogen-bond acceptors (Lipinski definition) is 6. The zero-order valence-corrected chi connectivity index (χ0v) is 15.4. The first-order chi connectivity index (χ1) is 12.9. The number of rotatable bonds is 6. The van der Waals surface area contributed by atoms with Crippen molar-refractivity contribution in [3.63, 3.8) is 0 Å². The predicted octanol–water partition coefficient (Wildman–Crippen LogP) is 2.26. The number of carbonyl (C=O) groups is 1. The number of hydrogen-bond donors (Lipinski definition) is 2. The van der Waals surface area contributed by atoms with Crippen LogP contribution in [0.2, 0.25) is 0 Å². The molecule has 0 spiro atoms. The number of aromatic amines is 1. The number of aryl methyl sites for hydroxylation is 1. The summed E-state index contributed by atoms with van der Waals surface area (Å²) >= 11 is 0. The number of amides is 1. The minimum absolute atomic E-state index is 0.119. The van der Waals surface area contributed by atoms with Crippen LogP contribution in [0.1, 0.15) is 41.5 Å². The first-order valence-corrected chi connectivity index (χ1v) is 8.69. The van der Waals surface area contributed by atoms with Gasteiger partial charge < -0.3 is 14.8 Å². The lowest BCUT2D eigenvalue weighted by molar-refractivity contribution is 0.0945. The molecule has 0 bridgehead atoms.